The van der Waals surface area contributed by atoms with Gasteiger partial charge in [-0.1, -0.05) is 6.92 Å². The van der Waals surface area contributed by atoms with Crippen molar-refractivity contribution in [2.75, 3.05) is 17.2 Å². The van der Waals surface area contributed by atoms with E-state index in [2.05, 4.69) is 28.7 Å². The number of aromatic nitrogens is 2. The van der Waals surface area contributed by atoms with Crippen molar-refractivity contribution in [3.63, 3.8) is 0 Å². The molecule has 0 radical (unpaired) electrons. The van der Waals surface area contributed by atoms with Crippen LogP contribution in [0.25, 0.3) is 0 Å². The Morgan fingerprint density at radius 1 is 1.33 bits per heavy atom. The highest BCUT2D eigenvalue weighted by molar-refractivity contribution is 5.58. The molecule has 15 heavy (non-hydrogen) atoms. The van der Waals surface area contributed by atoms with Gasteiger partial charge < -0.3 is 10.6 Å². The highest BCUT2D eigenvalue weighted by atomic mass is 15.2. The lowest BCUT2D eigenvalue weighted by atomic mass is 9.93. The summed E-state index contributed by atoms with van der Waals surface area (Å²) in [5, 5.41) is 0. The van der Waals surface area contributed by atoms with Gasteiger partial charge in [-0.15, -0.1) is 0 Å². The average Bonchev–Trinajstić information content (AvgIpc) is 2.20. The Kier molecular flexibility index (Phi) is 2.75. The van der Waals surface area contributed by atoms with Gasteiger partial charge in [0, 0.05) is 25.0 Å². The molecule has 82 valence electrons. The molecule has 0 spiro atoms. The second-order valence-electron chi connectivity index (χ2n) is 4.44. The summed E-state index contributed by atoms with van der Waals surface area (Å²) in [7, 11) is 0. The molecule has 0 amide bonds. The van der Waals surface area contributed by atoms with E-state index < -0.39 is 0 Å². The minimum atomic E-state index is 0.507. The Bertz CT molecular complexity index is 339. The number of piperidine rings is 1. The number of rotatable bonds is 1. The van der Waals surface area contributed by atoms with E-state index in [0.717, 1.165) is 18.3 Å². The number of hydrogen-bond donors (Lipinski definition) is 1. The Morgan fingerprint density at radius 3 is 2.73 bits per heavy atom. The molecular weight excluding hydrogens is 188 g/mol. The van der Waals surface area contributed by atoms with Crippen LogP contribution in [0.2, 0.25) is 0 Å². The van der Waals surface area contributed by atoms with E-state index in [1.54, 1.807) is 12.4 Å². The Labute approximate surface area is 90.5 Å². The first-order chi connectivity index (χ1) is 7.18. The predicted octanol–water partition coefficient (Wildman–Crippen LogP) is 1.68. The third-order valence-electron chi connectivity index (χ3n) is 3.12. The van der Waals surface area contributed by atoms with Crippen LogP contribution in [0.1, 0.15) is 26.7 Å². The van der Waals surface area contributed by atoms with Crippen LogP contribution in [-0.2, 0) is 0 Å². The van der Waals surface area contributed by atoms with Crippen molar-refractivity contribution in [1.82, 2.24) is 9.97 Å². The van der Waals surface area contributed by atoms with Crippen molar-refractivity contribution in [2.24, 2.45) is 5.92 Å². The summed E-state index contributed by atoms with van der Waals surface area (Å²) >= 11 is 0. The SMILES string of the molecule is CC1CCN(c2nccnc2N)C(C)C1. The fourth-order valence-electron chi connectivity index (χ4n) is 2.28. The molecule has 1 aliphatic heterocycles. The Hall–Kier alpha value is -1.32. The summed E-state index contributed by atoms with van der Waals surface area (Å²) < 4.78 is 0. The largest absolute Gasteiger partial charge is 0.381 e. The second kappa shape index (κ2) is 4.04. The molecule has 1 aliphatic rings. The molecule has 1 saturated heterocycles. The van der Waals surface area contributed by atoms with E-state index in [1.165, 1.54) is 12.8 Å². The standard InChI is InChI=1S/C11H18N4/c1-8-3-6-15(9(2)7-8)11-10(12)13-4-5-14-11/h4-5,8-9H,3,6-7H2,1-2H3,(H2,12,13). The monoisotopic (exact) mass is 206 g/mol. The maximum atomic E-state index is 5.83. The van der Waals surface area contributed by atoms with Gasteiger partial charge in [0.25, 0.3) is 0 Å². The molecule has 4 heteroatoms. The van der Waals surface area contributed by atoms with Crippen molar-refractivity contribution in [1.29, 1.82) is 0 Å². The van der Waals surface area contributed by atoms with Gasteiger partial charge >= 0.3 is 0 Å². The van der Waals surface area contributed by atoms with Crippen LogP contribution in [0, 0.1) is 5.92 Å². The van der Waals surface area contributed by atoms with E-state index in [1.807, 2.05) is 0 Å². The molecule has 2 rings (SSSR count). The van der Waals surface area contributed by atoms with Crippen molar-refractivity contribution >= 4 is 11.6 Å². The van der Waals surface area contributed by atoms with E-state index in [4.69, 9.17) is 5.73 Å². The van der Waals surface area contributed by atoms with Crippen LogP contribution >= 0.6 is 0 Å². The molecule has 1 aromatic rings. The lowest BCUT2D eigenvalue weighted by Gasteiger charge is -2.37. The summed E-state index contributed by atoms with van der Waals surface area (Å²) in [4.78, 5) is 10.7. The van der Waals surface area contributed by atoms with Gasteiger partial charge in [0.15, 0.2) is 11.6 Å². The van der Waals surface area contributed by atoms with Gasteiger partial charge in [0.2, 0.25) is 0 Å². The number of nitrogens with zero attached hydrogens (tertiary/aromatic N) is 3. The van der Waals surface area contributed by atoms with Gasteiger partial charge in [-0.3, -0.25) is 0 Å². The van der Waals surface area contributed by atoms with Crippen LogP contribution in [-0.4, -0.2) is 22.6 Å². The smallest absolute Gasteiger partial charge is 0.171 e. The molecule has 0 bridgehead atoms. The van der Waals surface area contributed by atoms with E-state index in [9.17, 15) is 0 Å². The van der Waals surface area contributed by atoms with Gasteiger partial charge in [0.05, 0.1) is 0 Å². The topological polar surface area (TPSA) is 55.0 Å². The molecule has 1 fully saturated rings. The first-order valence-electron chi connectivity index (χ1n) is 5.51. The molecule has 4 nitrogen and oxygen atoms in total. The fourth-order valence-corrected chi connectivity index (χ4v) is 2.28. The molecule has 2 unspecified atom stereocenters. The molecule has 0 aliphatic carbocycles. The maximum Gasteiger partial charge on any atom is 0.171 e. The first kappa shape index (κ1) is 10.2. The molecule has 1 aromatic heterocycles. The van der Waals surface area contributed by atoms with Gasteiger partial charge in [-0.2, -0.15) is 0 Å². The minimum absolute atomic E-state index is 0.507. The number of nitrogens with two attached hydrogens (primary N) is 1. The third-order valence-corrected chi connectivity index (χ3v) is 3.12. The van der Waals surface area contributed by atoms with Crippen molar-refractivity contribution in [2.45, 2.75) is 32.7 Å². The number of anilines is 2. The van der Waals surface area contributed by atoms with Crippen LogP contribution < -0.4 is 10.6 Å². The zero-order valence-electron chi connectivity index (χ0n) is 9.35. The van der Waals surface area contributed by atoms with Crippen LogP contribution in [0.5, 0.6) is 0 Å². The summed E-state index contributed by atoms with van der Waals surface area (Å²) in [6, 6.07) is 0.507. The summed E-state index contributed by atoms with van der Waals surface area (Å²) in [6.07, 6.45) is 5.75. The lowest BCUT2D eigenvalue weighted by Crippen LogP contribution is -2.41. The Morgan fingerprint density at radius 2 is 2.07 bits per heavy atom. The zero-order valence-corrected chi connectivity index (χ0v) is 9.35. The highest BCUT2D eigenvalue weighted by Crippen LogP contribution is 2.28. The molecule has 2 N–H and O–H groups in total. The minimum Gasteiger partial charge on any atom is -0.381 e. The number of hydrogen-bond acceptors (Lipinski definition) is 4. The summed E-state index contributed by atoms with van der Waals surface area (Å²) in [5.74, 6) is 2.19. The highest BCUT2D eigenvalue weighted by Gasteiger charge is 2.25. The van der Waals surface area contributed by atoms with E-state index >= 15 is 0 Å². The maximum absolute atomic E-state index is 5.83. The normalized spacial score (nSPS) is 26.7. The third kappa shape index (κ3) is 2.03. The molecular formula is C11H18N4. The van der Waals surface area contributed by atoms with Crippen molar-refractivity contribution < 1.29 is 0 Å². The summed E-state index contributed by atoms with van der Waals surface area (Å²) in [5.41, 5.74) is 5.83. The van der Waals surface area contributed by atoms with Crippen molar-refractivity contribution in [3.05, 3.63) is 12.4 Å². The van der Waals surface area contributed by atoms with Crippen molar-refractivity contribution in [3.8, 4) is 0 Å². The van der Waals surface area contributed by atoms with Gasteiger partial charge in [0.1, 0.15) is 0 Å². The summed E-state index contributed by atoms with van der Waals surface area (Å²) in [6.45, 7) is 5.56. The lowest BCUT2D eigenvalue weighted by molar-refractivity contribution is 0.376. The quantitative estimate of drug-likeness (QED) is 0.759. The van der Waals surface area contributed by atoms with Gasteiger partial charge in [-0.05, 0) is 25.7 Å². The molecule has 2 atom stereocenters. The van der Waals surface area contributed by atoms with Gasteiger partial charge in [-0.25, -0.2) is 9.97 Å². The molecule has 0 saturated carbocycles. The van der Waals surface area contributed by atoms with Crippen LogP contribution in [0.4, 0.5) is 11.6 Å². The Balaban J connectivity index is 2.20. The van der Waals surface area contributed by atoms with Crippen LogP contribution in [0.15, 0.2) is 12.4 Å². The fraction of sp³-hybridized carbons (Fsp3) is 0.636. The number of nitrogen functional groups attached to an aromatic ring is 1. The zero-order chi connectivity index (χ0) is 10.8. The molecule has 2 heterocycles. The van der Waals surface area contributed by atoms with E-state index in [0.29, 0.717) is 11.9 Å². The van der Waals surface area contributed by atoms with E-state index in [-0.39, 0.29) is 0 Å². The first-order valence-corrected chi connectivity index (χ1v) is 5.51. The average molecular weight is 206 g/mol. The second-order valence-corrected chi connectivity index (χ2v) is 4.44. The van der Waals surface area contributed by atoms with Crippen LogP contribution in [0.3, 0.4) is 0 Å². The predicted molar refractivity (Wildman–Crippen MR) is 61.7 cm³/mol. The molecule has 0 aromatic carbocycles.